The zero-order valence-electron chi connectivity index (χ0n) is 24.0. The maximum absolute atomic E-state index is 14.1. The smallest absolute Gasteiger partial charge is 0.258 e. The van der Waals surface area contributed by atoms with Crippen LogP contribution in [0.5, 0.6) is 0 Å². The molecule has 41 heavy (non-hydrogen) atoms. The summed E-state index contributed by atoms with van der Waals surface area (Å²) < 4.78 is 11.5. The van der Waals surface area contributed by atoms with Crippen molar-refractivity contribution < 1.29 is 13.8 Å². The van der Waals surface area contributed by atoms with E-state index in [1.165, 1.54) is 44.9 Å². The number of amides is 1. The molecule has 216 valence electrons. The Morgan fingerprint density at radius 2 is 1.51 bits per heavy atom. The molecule has 0 radical (unpaired) electrons. The molecule has 8 heteroatoms. The lowest BCUT2D eigenvalue weighted by atomic mass is 9.53. The van der Waals surface area contributed by atoms with Gasteiger partial charge in [-0.15, -0.1) is 0 Å². The Labute approximate surface area is 241 Å². The van der Waals surface area contributed by atoms with Gasteiger partial charge in [-0.1, -0.05) is 35.6 Å². The van der Waals surface area contributed by atoms with Crippen molar-refractivity contribution in [2.45, 2.75) is 120 Å². The van der Waals surface area contributed by atoms with Crippen molar-refractivity contribution in [3.05, 3.63) is 41.8 Å². The van der Waals surface area contributed by atoms with E-state index in [1.54, 1.807) is 0 Å². The summed E-state index contributed by atoms with van der Waals surface area (Å²) in [5.74, 6) is 4.88. The van der Waals surface area contributed by atoms with Crippen molar-refractivity contribution in [2.75, 3.05) is 11.4 Å². The highest BCUT2D eigenvalue weighted by Crippen LogP contribution is 2.58. The van der Waals surface area contributed by atoms with Crippen LogP contribution >= 0.6 is 0 Å². The minimum absolute atomic E-state index is 0.0238. The third-order valence-corrected chi connectivity index (χ3v) is 11.0. The number of nitrogens with zero attached hydrogens (tertiary/aromatic N) is 5. The fourth-order valence-electron chi connectivity index (χ4n) is 7.85. The van der Waals surface area contributed by atoms with Gasteiger partial charge in [0, 0.05) is 41.5 Å². The first-order valence-electron chi connectivity index (χ1n) is 16.2. The number of aromatic nitrogens is 4. The Hall–Kier alpha value is -3.03. The lowest BCUT2D eigenvalue weighted by molar-refractivity contribution is -0.120. The highest BCUT2D eigenvalue weighted by Gasteiger charge is 2.53. The molecular weight excluding hydrogens is 514 g/mol. The summed E-state index contributed by atoms with van der Waals surface area (Å²) in [7, 11) is 0. The average molecular weight is 556 g/mol. The molecule has 0 saturated heterocycles. The van der Waals surface area contributed by atoms with Gasteiger partial charge in [-0.05, 0) is 107 Å². The van der Waals surface area contributed by atoms with Crippen molar-refractivity contribution in [3.63, 3.8) is 0 Å². The van der Waals surface area contributed by atoms with Gasteiger partial charge >= 0.3 is 0 Å². The Balaban J connectivity index is 1.04. The van der Waals surface area contributed by atoms with E-state index in [4.69, 9.17) is 14.0 Å². The van der Waals surface area contributed by atoms with Crippen LogP contribution < -0.4 is 4.90 Å². The van der Waals surface area contributed by atoms with Crippen molar-refractivity contribution in [3.8, 4) is 11.5 Å². The Morgan fingerprint density at radius 3 is 2.22 bits per heavy atom. The van der Waals surface area contributed by atoms with E-state index in [0.29, 0.717) is 30.1 Å². The molecule has 6 aliphatic carbocycles. The molecule has 1 aromatic carbocycles. The van der Waals surface area contributed by atoms with Gasteiger partial charge in [0.25, 0.3) is 5.89 Å². The van der Waals surface area contributed by atoms with Crippen LogP contribution in [-0.4, -0.2) is 32.7 Å². The molecular formula is C33H41N5O3. The molecule has 0 atom stereocenters. The standard InChI is InChI=1S/C33H41N5O3/c39-27(19-22-5-2-1-3-6-22)38(26-8-4-7-25(20-26)30-34-28(36-40-30)23-9-10-23)21-32-13-16-33(17-14-32,18-15-32)31-35-29(37-41-31)24-11-12-24/h4,7-8,20,22-24H,1-3,5-6,9-19,21H2. The molecule has 0 unspecified atom stereocenters. The van der Waals surface area contributed by atoms with E-state index < -0.39 is 0 Å². The first kappa shape index (κ1) is 25.7. The highest BCUT2D eigenvalue weighted by atomic mass is 16.5. The quantitative estimate of drug-likeness (QED) is 0.270. The van der Waals surface area contributed by atoms with Gasteiger partial charge in [0.2, 0.25) is 11.8 Å². The maximum atomic E-state index is 14.1. The second kappa shape index (κ2) is 10.1. The number of carbonyl (C=O) groups excluding carboxylic acids is 1. The van der Waals surface area contributed by atoms with E-state index in [9.17, 15) is 4.79 Å². The van der Waals surface area contributed by atoms with Gasteiger partial charge in [-0.3, -0.25) is 4.79 Å². The third-order valence-electron chi connectivity index (χ3n) is 11.0. The summed E-state index contributed by atoms with van der Waals surface area (Å²) in [5, 5.41) is 8.57. The van der Waals surface area contributed by atoms with Gasteiger partial charge in [0.1, 0.15) is 0 Å². The fourth-order valence-corrected chi connectivity index (χ4v) is 7.85. The van der Waals surface area contributed by atoms with Gasteiger partial charge in [-0.2, -0.15) is 9.97 Å². The highest BCUT2D eigenvalue weighted by molar-refractivity contribution is 5.94. The Morgan fingerprint density at radius 1 is 0.829 bits per heavy atom. The normalized spacial score (nSPS) is 28.2. The molecule has 6 aliphatic rings. The fraction of sp³-hybridized carbons (Fsp3) is 0.667. The molecule has 2 aromatic heterocycles. The summed E-state index contributed by atoms with van der Waals surface area (Å²) in [4.78, 5) is 25.8. The van der Waals surface area contributed by atoms with Crippen molar-refractivity contribution in [1.29, 1.82) is 0 Å². The number of hydrogen-bond donors (Lipinski definition) is 0. The van der Waals surface area contributed by atoms with Crippen LogP contribution in [0.4, 0.5) is 5.69 Å². The van der Waals surface area contributed by atoms with Crippen LogP contribution in [-0.2, 0) is 10.2 Å². The summed E-state index contributed by atoms with van der Waals surface area (Å²) in [6.45, 7) is 0.770. The predicted molar refractivity (Wildman–Crippen MR) is 153 cm³/mol. The molecule has 8 nitrogen and oxygen atoms in total. The average Bonchev–Trinajstić information content (AvgIpc) is 3.96. The summed E-state index contributed by atoms with van der Waals surface area (Å²) in [6, 6.07) is 8.23. The molecule has 0 aliphatic heterocycles. The lowest BCUT2D eigenvalue weighted by Crippen LogP contribution is -2.51. The summed E-state index contributed by atoms with van der Waals surface area (Å²) >= 11 is 0. The second-order valence-corrected chi connectivity index (χ2v) is 14.0. The number of hydrogen-bond acceptors (Lipinski definition) is 7. The molecule has 3 aromatic rings. The van der Waals surface area contributed by atoms with E-state index in [0.717, 1.165) is 86.7 Å². The largest absolute Gasteiger partial charge is 0.339 e. The number of carbonyl (C=O) groups is 1. The molecule has 0 spiro atoms. The lowest BCUT2D eigenvalue weighted by Gasteiger charge is -2.53. The van der Waals surface area contributed by atoms with Gasteiger partial charge in [0.05, 0.1) is 0 Å². The molecule has 2 bridgehead atoms. The number of anilines is 1. The maximum Gasteiger partial charge on any atom is 0.258 e. The van der Waals surface area contributed by atoms with E-state index >= 15 is 0 Å². The van der Waals surface area contributed by atoms with Gasteiger partial charge in [0.15, 0.2) is 11.6 Å². The third kappa shape index (κ3) is 5.01. The van der Waals surface area contributed by atoms with Crippen molar-refractivity contribution >= 4 is 11.6 Å². The van der Waals surface area contributed by atoms with Crippen LogP contribution in [0, 0.1) is 11.3 Å². The van der Waals surface area contributed by atoms with Crippen LogP contribution in [0.15, 0.2) is 33.3 Å². The summed E-state index contributed by atoms with van der Waals surface area (Å²) in [5.41, 5.74) is 2.00. The van der Waals surface area contributed by atoms with E-state index in [1.807, 2.05) is 12.1 Å². The van der Waals surface area contributed by atoms with E-state index in [-0.39, 0.29) is 16.7 Å². The predicted octanol–water partition coefficient (Wildman–Crippen LogP) is 7.47. The van der Waals surface area contributed by atoms with Crippen LogP contribution in [0.25, 0.3) is 11.5 Å². The Bertz CT molecular complexity index is 1390. The first-order chi connectivity index (χ1) is 20.1. The number of benzene rings is 1. The minimum atomic E-state index is 0.0238. The minimum Gasteiger partial charge on any atom is -0.339 e. The molecule has 0 N–H and O–H groups in total. The number of rotatable bonds is 9. The molecule has 9 rings (SSSR count). The zero-order valence-corrected chi connectivity index (χ0v) is 24.0. The molecule has 2 heterocycles. The van der Waals surface area contributed by atoms with Gasteiger partial charge in [-0.25, -0.2) is 0 Å². The Kier molecular flexibility index (Phi) is 6.29. The second-order valence-electron chi connectivity index (χ2n) is 14.0. The first-order valence-corrected chi connectivity index (χ1v) is 16.2. The van der Waals surface area contributed by atoms with Crippen LogP contribution in [0.2, 0.25) is 0 Å². The monoisotopic (exact) mass is 555 g/mol. The number of fused-ring (bicyclic) bond motifs is 3. The van der Waals surface area contributed by atoms with Crippen LogP contribution in [0.3, 0.4) is 0 Å². The van der Waals surface area contributed by atoms with E-state index in [2.05, 4.69) is 32.3 Å². The summed E-state index contributed by atoms with van der Waals surface area (Å²) in [6.07, 6.45) is 17.9. The topological polar surface area (TPSA) is 98.2 Å². The molecule has 6 fully saturated rings. The SMILES string of the molecule is O=C(CC1CCCCC1)N(CC12CCC(c3nc(C4CC4)no3)(CC1)CC2)c1cccc(-c2nc(C3CC3)no2)c1. The molecule has 1 amide bonds. The zero-order chi connectivity index (χ0) is 27.4. The van der Waals surface area contributed by atoms with Crippen LogP contribution in [0.1, 0.15) is 132 Å². The van der Waals surface area contributed by atoms with Gasteiger partial charge < -0.3 is 13.9 Å². The van der Waals surface area contributed by atoms with Crippen molar-refractivity contribution in [1.82, 2.24) is 20.3 Å². The van der Waals surface area contributed by atoms with Crippen molar-refractivity contribution in [2.24, 2.45) is 11.3 Å². The molecule has 6 saturated carbocycles.